The fourth-order valence-corrected chi connectivity index (χ4v) is 3.59. The first-order valence-electron chi connectivity index (χ1n) is 8.70. The smallest absolute Gasteiger partial charge is 0.227 e. The van der Waals surface area contributed by atoms with E-state index in [9.17, 15) is 4.79 Å². The molecule has 1 aromatic carbocycles. The third-order valence-electron chi connectivity index (χ3n) is 5.14. The van der Waals surface area contributed by atoms with Gasteiger partial charge in [-0.25, -0.2) is 4.68 Å². The topological polar surface area (TPSA) is 64.2 Å². The van der Waals surface area contributed by atoms with Gasteiger partial charge in [0.1, 0.15) is 0 Å². The molecule has 1 amide bonds. The number of benzene rings is 1. The lowest BCUT2D eigenvalue weighted by Gasteiger charge is -2.16. The minimum atomic E-state index is 0.156. The molecule has 5 nitrogen and oxygen atoms in total. The van der Waals surface area contributed by atoms with Crippen LogP contribution >= 0.6 is 11.6 Å². The number of nitrogens with zero attached hydrogens (tertiary/aromatic N) is 3. The molecule has 0 spiro atoms. The molecule has 0 radical (unpaired) electrons. The minimum absolute atomic E-state index is 0.156. The molecule has 1 aliphatic heterocycles. The standard InChI is InChI=1S/C19H25ClN4O/c1-12-4-5-16(8-18(12)20)24-14(3)17(13(2)22-24)9-19(25)23-7-6-15(10-21)11-23/h4-5,8,15H,6-7,9-11,21H2,1-3H3. The van der Waals surface area contributed by atoms with Gasteiger partial charge in [-0.3, -0.25) is 4.79 Å². The largest absolute Gasteiger partial charge is 0.342 e. The molecule has 6 heteroatoms. The Morgan fingerprint density at radius 3 is 2.76 bits per heavy atom. The van der Waals surface area contributed by atoms with Crippen LogP contribution in [0.2, 0.25) is 5.02 Å². The number of hydrogen-bond acceptors (Lipinski definition) is 3. The number of halogens is 1. The van der Waals surface area contributed by atoms with Crippen LogP contribution in [0.3, 0.4) is 0 Å². The molecule has 0 aliphatic carbocycles. The number of aromatic nitrogens is 2. The van der Waals surface area contributed by atoms with Crippen LogP contribution < -0.4 is 5.73 Å². The molecule has 1 aliphatic rings. The van der Waals surface area contributed by atoms with Crippen LogP contribution in [-0.2, 0) is 11.2 Å². The maximum absolute atomic E-state index is 12.7. The van der Waals surface area contributed by atoms with Crippen molar-refractivity contribution in [3.05, 3.63) is 45.7 Å². The Labute approximate surface area is 153 Å². The van der Waals surface area contributed by atoms with Gasteiger partial charge in [-0.1, -0.05) is 17.7 Å². The van der Waals surface area contributed by atoms with E-state index in [-0.39, 0.29) is 5.91 Å². The Hall–Kier alpha value is -1.85. The SMILES string of the molecule is Cc1ccc(-n2nc(C)c(CC(=O)N3CCC(CN)C3)c2C)cc1Cl. The van der Waals surface area contributed by atoms with E-state index in [4.69, 9.17) is 17.3 Å². The molecule has 25 heavy (non-hydrogen) atoms. The van der Waals surface area contributed by atoms with Gasteiger partial charge < -0.3 is 10.6 Å². The highest BCUT2D eigenvalue weighted by Crippen LogP contribution is 2.24. The van der Waals surface area contributed by atoms with Crippen LogP contribution in [0.25, 0.3) is 5.69 Å². The second-order valence-corrected chi connectivity index (χ2v) is 7.31. The predicted molar refractivity (Wildman–Crippen MR) is 100 cm³/mol. The average molecular weight is 361 g/mol. The van der Waals surface area contributed by atoms with E-state index < -0.39 is 0 Å². The van der Waals surface area contributed by atoms with Crippen LogP contribution in [0.4, 0.5) is 0 Å². The summed E-state index contributed by atoms with van der Waals surface area (Å²) in [6.07, 6.45) is 1.38. The van der Waals surface area contributed by atoms with Crippen molar-refractivity contribution in [2.75, 3.05) is 19.6 Å². The van der Waals surface area contributed by atoms with E-state index in [0.717, 1.165) is 47.7 Å². The van der Waals surface area contributed by atoms with Crippen molar-refractivity contribution in [3.63, 3.8) is 0 Å². The molecule has 134 valence electrons. The first-order valence-corrected chi connectivity index (χ1v) is 9.08. The molecule has 1 atom stereocenters. The molecule has 2 heterocycles. The zero-order valence-corrected chi connectivity index (χ0v) is 15.8. The molecule has 0 bridgehead atoms. The fraction of sp³-hybridized carbons (Fsp3) is 0.474. The quantitative estimate of drug-likeness (QED) is 0.911. The fourth-order valence-electron chi connectivity index (χ4n) is 3.41. The van der Waals surface area contributed by atoms with Crippen molar-refractivity contribution in [2.45, 2.75) is 33.6 Å². The van der Waals surface area contributed by atoms with E-state index in [1.165, 1.54) is 0 Å². The third kappa shape index (κ3) is 3.58. The predicted octanol–water partition coefficient (Wildman–Crippen LogP) is 2.80. The molecule has 1 fully saturated rings. The van der Waals surface area contributed by atoms with Crippen LogP contribution in [0, 0.1) is 26.7 Å². The molecular formula is C19H25ClN4O. The van der Waals surface area contributed by atoms with Gasteiger partial charge in [0.2, 0.25) is 5.91 Å². The van der Waals surface area contributed by atoms with Crippen LogP contribution in [0.1, 0.15) is 28.9 Å². The summed E-state index contributed by atoms with van der Waals surface area (Å²) in [7, 11) is 0. The van der Waals surface area contributed by atoms with E-state index in [0.29, 0.717) is 23.9 Å². The number of amides is 1. The molecule has 2 aromatic rings. The molecule has 3 rings (SSSR count). The summed E-state index contributed by atoms with van der Waals surface area (Å²) in [6.45, 7) is 8.16. The van der Waals surface area contributed by atoms with Crippen molar-refractivity contribution in [2.24, 2.45) is 11.7 Å². The summed E-state index contributed by atoms with van der Waals surface area (Å²) >= 11 is 6.25. The molecular weight excluding hydrogens is 336 g/mol. The number of nitrogens with two attached hydrogens (primary N) is 1. The first-order chi connectivity index (χ1) is 11.9. The average Bonchev–Trinajstić information content (AvgIpc) is 3.17. The number of hydrogen-bond donors (Lipinski definition) is 1. The summed E-state index contributed by atoms with van der Waals surface area (Å²) in [5.74, 6) is 0.590. The van der Waals surface area contributed by atoms with Crippen LogP contribution in [0.5, 0.6) is 0 Å². The molecule has 2 N–H and O–H groups in total. The molecule has 1 unspecified atom stereocenters. The normalized spacial score (nSPS) is 17.3. The maximum atomic E-state index is 12.7. The number of carbonyl (C=O) groups is 1. The summed E-state index contributed by atoms with van der Waals surface area (Å²) in [5, 5.41) is 5.34. The van der Waals surface area contributed by atoms with Gasteiger partial charge in [0, 0.05) is 29.4 Å². The summed E-state index contributed by atoms with van der Waals surface area (Å²) in [6, 6.07) is 5.89. The Balaban J connectivity index is 1.82. The Morgan fingerprint density at radius 2 is 2.12 bits per heavy atom. The number of rotatable bonds is 4. The second-order valence-electron chi connectivity index (χ2n) is 6.90. The van der Waals surface area contributed by atoms with E-state index in [1.807, 2.05) is 48.6 Å². The van der Waals surface area contributed by atoms with Crippen molar-refractivity contribution < 1.29 is 4.79 Å². The first kappa shape index (κ1) is 18.0. The number of carbonyl (C=O) groups excluding carboxylic acids is 1. The van der Waals surface area contributed by atoms with Gasteiger partial charge in [0.15, 0.2) is 0 Å². The van der Waals surface area contributed by atoms with Crippen molar-refractivity contribution >= 4 is 17.5 Å². The summed E-state index contributed by atoms with van der Waals surface area (Å²) in [4.78, 5) is 14.6. The highest BCUT2D eigenvalue weighted by molar-refractivity contribution is 6.31. The molecule has 0 saturated carbocycles. The number of likely N-dealkylation sites (tertiary alicyclic amines) is 1. The van der Waals surface area contributed by atoms with E-state index in [2.05, 4.69) is 5.10 Å². The lowest BCUT2D eigenvalue weighted by Crippen LogP contribution is -2.31. The van der Waals surface area contributed by atoms with Crippen molar-refractivity contribution in [1.82, 2.24) is 14.7 Å². The van der Waals surface area contributed by atoms with Gasteiger partial charge >= 0.3 is 0 Å². The lowest BCUT2D eigenvalue weighted by atomic mass is 10.1. The Morgan fingerprint density at radius 1 is 1.36 bits per heavy atom. The van der Waals surface area contributed by atoms with Crippen LogP contribution in [-0.4, -0.2) is 40.2 Å². The monoisotopic (exact) mass is 360 g/mol. The highest BCUT2D eigenvalue weighted by atomic mass is 35.5. The Bertz CT molecular complexity index is 799. The summed E-state index contributed by atoms with van der Waals surface area (Å²) in [5.41, 5.74) is 10.5. The van der Waals surface area contributed by atoms with Crippen LogP contribution in [0.15, 0.2) is 18.2 Å². The number of aryl methyl sites for hydroxylation is 2. The van der Waals surface area contributed by atoms with Gasteiger partial charge in [0.25, 0.3) is 0 Å². The second kappa shape index (κ2) is 7.18. The zero-order chi connectivity index (χ0) is 18.1. The maximum Gasteiger partial charge on any atom is 0.227 e. The molecule has 1 aromatic heterocycles. The lowest BCUT2D eigenvalue weighted by molar-refractivity contribution is -0.129. The van der Waals surface area contributed by atoms with Crippen molar-refractivity contribution in [3.8, 4) is 5.69 Å². The van der Waals surface area contributed by atoms with E-state index in [1.54, 1.807) is 0 Å². The Kier molecular flexibility index (Phi) is 5.16. The zero-order valence-electron chi connectivity index (χ0n) is 15.1. The van der Waals surface area contributed by atoms with Gasteiger partial charge in [0.05, 0.1) is 17.8 Å². The van der Waals surface area contributed by atoms with Gasteiger partial charge in [-0.05, 0) is 57.4 Å². The highest BCUT2D eigenvalue weighted by Gasteiger charge is 2.26. The van der Waals surface area contributed by atoms with E-state index >= 15 is 0 Å². The van der Waals surface area contributed by atoms with Gasteiger partial charge in [-0.15, -0.1) is 0 Å². The molecule has 1 saturated heterocycles. The van der Waals surface area contributed by atoms with Crippen molar-refractivity contribution in [1.29, 1.82) is 0 Å². The third-order valence-corrected chi connectivity index (χ3v) is 5.55. The van der Waals surface area contributed by atoms with Gasteiger partial charge in [-0.2, -0.15) is 5.10 Å². The minimum Gasteiger partial charge on any atom is -0.342 e. The summed E-state index contributed by atoms with van der Waals surface area (Å²) < 4.78 is 1.87.